The number of hydrogen-bond donors (Lipinski definition) is 2. The third-order valence-corrected chi connectivity index (χ3v) is 7.22. The van der Waals surface area contributed by atoms with Crippen molar-refractivity contribution in [2.24, 2.45) is 0 Å². The summed E-state index contributed by atoms with van der Waals surface area (Å²) in [6, 6.07) is 12.8. The van der Waals surface area contributed by atoms with Crippen molar-refractivity contribution in [3.05, 3.63) is 68.7 Å². The van der Waals surface area contributed by atoms with Crippen LogP contribution in [0.25, 0.3) is 10.9 Å². The summed E-state index contributed by atoms with van der Waals surface area (Å²) in [5.74, 6) is -0.860. The number of carboxylic acid groups (broad SMARTS) is 1. The molecule has 1 aliphatic rings. The third kappa shape index (κ3) is 5.76. The molecular formula is C26H26BrClFN3O3. The molecule has 1 aromatic heterocycles. The van der Waals surface area contributed by atoms with E-state index in [1.165, 1.54) is 0 Å². The molecule has 35 heavy (non-hydrogen) atoms. The third-order valence-electron chi connectivity index (χ3n) is 6.38. The Bertz CT molecular complexity index is 1270. The Kier molecular flexibility index (Phi) is 7.91. The summed E-state index contributed by atoms with van der Waals surface area (Å²) in [4.78, 5) is 31.5. The Morgan fingerprint density at radius 2 is 2.09 bits per heavy atom. The van der Waals surface area contributed by atoms with Crippen molar-refractivity contribution in [1.82, 2.24) is 10.3 Å². The van der Waals surface area contributed by atoms with Crippen LogP contribution in [0.2, 0.25) is 5.02 Å². The van der Waals surface area contributed by atoms with Crippen molar-refractivity contribution in [1.29, 1.82) is 0 Å². The van der Waals surface area contributed by atoms with E-state index >= 15 is 0 Å². The minimum absolute atomic E-state index is 0.0422. The fraction of sp³-hybridized carbons (Fsp3) is 0.346. The molecular weight excluding hydrogens is 537 g/mol. The predicted molar refractivity (Wildman–Crippen MR) is 139 cm³/mol. The normalized spacial score (nSPS) is 16.5. The Labute approximate surface area is 216 Å². The first kappa shape index (κ1) is 25.4. The van der Waals surface area contributed by atoms with Crippen LogP contribution in [0, 0.1) is 6.92 Å². The standard InChI is InChI=1S/C26H26BrClFN3O3/c1-15-24(20-12-17(27)7-8-22(20)31-25(15)32-11-10-18(29)14-32)26(35)30-13-16(6-9-23(33)34)19-4-2-3-5-21(19)28/h2-5,7-8,12,16,18H,6,9-11,13-14H2,1H3,(H,30,35)(H,33,34)/t16?,18-/m0/s1. The molecule has 3 aromatic rings. The van der Waals surface area contributed by atoms with Crippen molar-refractivity contribution >= 4 is 56.1 Å². The lowest BCUT2D eigenvalue weighted by Crippen LogP contribution is -2.31. The molecule has 9 heteroatoms. The predicted octanol–water partition coefficient (Wildman–Crippen LogP) is 5.89. The van der Waals surface area contributed by atoms with Gasteiger partial charge in [-0.3, -0.25) is 9.59 Å². The number of aliphatic carboxylic acids is 1. The zero-order valence-corrected chi connectivity index (χ0v) is 21.6. The van der Waals surface area contributed by atoms with Gasteiger partial charge < -0.3 is 15.3 Å². The average molecular weight is 563 g/mol. The highest BCUT2D eigenvalue weighted by Crippen LogP contribution is 2.33. The number of aromatic nitrogens is 1. The average Bonchev–Trinajstić information content (AvgIpc) is 3.25. The number of amides is 1. The van der Waals surface area contributed by atoms with Crippen molar-refractivity contribution in [3.8, 4) is 0 Å². The molecule has 0 aliphatic carbocycles. The summed E-state index contributed by atoms with van der Waals surface area (Å²) in [7, 11) is 0. The maximum atomic E-state index is 13.9. The molecule has 2 aromatic carbocycles. The van der Waals surface area contributed by atoms with Gasteiger partial charge >= 0.3 is 5.97 Å². The van der Waals surface area contributed by atoms with E-state index in [1.807, 2.05) is 48.2 Å². The van der Waals surface area contributed by atoms with Gasteiger partial charge in [-0.15, -0.1) is 0 Å². The monoisotopic (exact) mass is 561 g/mol. The van der Waals surface area contributed by atoms with E-state index in [9.17, 15) is 19.1 Å². The van der Waals surface area contributed by atoms with Crippen molar-refractivity contribution in [2.45, 2.75) is 38.3 Å². The minimum Gasteiger partial charge on any atom is -0.481 e. The maximum absolute atomic E-state index is 13.9. The number of carbonyl (C=O) groups is 2. The Hall–Kier alpha value is -2.71. The van der Waals surface area contributed by atoms with E-state index in [1.54, 1.807) is 6.07 Å². The van der Waals surface area contributed by atoms with Crippen molar-refractivity contribution in [3.63, 3.8) is 0 Å². The molecule has 1 aliphatic heterocycles. The second-order valence-electron chi connectivity index (χ2n) is 8.79. The number of hydrogen-bond acceptors (Lipinski definition) is 4. The van der Waals surface area contributed by atoms with E-state index in [4.69, 9.17) is 16.6 Å². The summed E-state index contributed by atoms with van der Waals surface area (Å²) >= 11 is 9.86. The molecule has 0 bridgehead atoms. The fourth-order valence-electron chi connectivity index (χ4n) is 4.60. The summed E-state index contributed by atoms with van der Waals surface area (Å²) in [5, 5.41) is 13.4. The van der Waals surface area contributed by atoms with Gasteiger partial charge in [0, 0.05) is 45.9 Å². The first-order chi connectivity index (χ1) is 16.7. The lowest BCUT2D eigenvalue weighted by atomic mass is 9.93. The van der Waals surface area contributed by atoms with Gasteiger partial charge in [0.1, 0.15) is 12.0 Å². The van der Waals surface area contributed by atoms with Gasteiger partial charge in [0.05, 0.1) is 17.6 Å². The van der Waals surface area contributed by atoms with Crippen molar-refractivity contribution < 1.29 is 19.1 Å². The number of carboxylic acids is 1. The lowest BCUT2D eigenvalue weighted by molar-refractivity contribution is -0.137. The number of halogens is 3. The second kappa shape index (κ2) is 10.9. The lowest BCUT2D eigenvalue weighted by Gasteiger charge is -2.23. The topological polar surface area (TPSA) is 82.5 Å². The Morgan fingerprint density at radius 1 is 1.31 bits per heavy atom. The van der Waals surface area contributed by atoms with E-state index in [2.05, 4.69) is 21.2 Å². The van der Waals surface area contributed by atoms with Gasteiger partial charge in [0.25, 0.3) is 5.91 Å². The first-order valence-corrected chi connectivity index (χ1v) is 12.6. The number of fused-ring (bicyclic) bond motifs is 1. The van der Waals surface area contributed by atoms with Gasteiger partial charge in [0.15, 0.2) is 0 Å². The Balaban J connectivity index is 1.67. The van der Waals surface area contributed by atoms with E-state index < -0.39 is 12.1 Å². The SMILES string of the molecule is Cc1c(N2CC[C@H](F)C2)nc2ccc(Br)cc2c1C(=O)NCC(CCC(=O)O)c1ccccc1Cl. The number of alkyl halides is 1. The van der Waals surface area contributed by atoms with Crippen LogP contribution in [0.15, 0.2) is 46.9 Å². The number of pyridine rings is 1. The van der Waals surface area contributed by atoms with Crippen LogP contribution in [0.1, 0.15) is 46.7 Å². The zero-order valence-electron chi connectivity index (χ0n) is 19.2. The molecule has 2 heterocycles. The minimum atomic E-state index is -0.917. The number of nitrogens with one attached hydrogen (secondary N) is 1. The quantitative estimate of drug-likeness (QED) is 0.358. The van der Waals surface area contributed by atoms with Crippen LogP contribution < -0.4 is 10.2 Å². The molecule has 4 rings (SSSR count). The highest BCUT2D eigenvalue weighted by atomic mass is 79.9. The van der Waals surface area contributed by atoms with Crippen LogP contribution in [-0.2, 0) is 4.79 Å². The van der Waals surface area contributed by atoms with Gasteiger partial charge in [-0.25, -0.2) is 9.37 Å². The summed E-state index contributed by atoms with van der Waals surface area (Å²) in [6.45, 7) is 2.85. The van der Waals surface area contributed by atoms with Crippen molar-refractivity contribution in [2.75, 3.05) is 24.5 Å². The van der Waals surface area contributed by atoms with Crippen LogP contribution >= 0.6 is 27.5 Å². The molecule has 1 saturated heterocycles. The van der Waals surface area contributed by atoms with Gasteiger partial charge in [-0.1, -0.05) is 45.7 Å². The van der Waals surface area contributed by atoms with Gasteiger partial charge in [-0.05, 0) is 49.6 Å². The number of carbonyl (C=O) groups excluding carboxylic acids is 1. The zero-order chi connectivity index (χ0) is 25.1. The molecule has 1 amide bonds. The van der Waals surface area contributed by atoms with Gasteiger partial charge in [-0.2, -0.15) is 0 Å². The number of anilines is 1. The largest absolute Gasteiger partial charge is 0.481 e. The second-order valence-corrected chi connectivity index (χ2v) is 10.1. The highest BCUT2D eigenvalue weighted by molar-refractivity contribution is 9.10. The Morgan fingerprint density at radius 3 is 2.77 bits per heavy atom. The smallest absolute Gasteiger partial charge is 0.303 e. The van der Waals surface area contributed by atoms with Gasteiger partial charge in [0.2, 0.25) is 0 Å². The fourth-order valence-corrected chi connectivity index (χ4v) is 5.26. The molecule has 1 unspecified atom stereocenters. The van der Waals surface area contributed by atoms with E-state index in [0.29, 0.717) is 52.3 Å². The molecule has 184 valence electrons. The first-order valence-electron chi connectivity index (χ1n) is 11.5. The van der Waals surface area contributed by atoms with E-state index in [0.717, 1.165) is 10.0 Å². The summed E-state index contributed by atoms with van der Waals surface area (Å²) in [5.41, 5.74) is 2.60. The number of rotatable bonds is 8. The van der Waals surface area contributed by atoms with Crippen LogP contribution in [-0.4, -0.2) is 47.8 Å². The van der Waals surface area contributed by atoms with Crippen LogP contribution in [0.4, 0.5) is 10.2 Å². The molecule has 0 radical (unpaired) electrons. The number of benzene rings is 2. The molecule has 2 N–H and O–H groups in total. The summed E-state index contributed by atoms with van der Waals surface area (Å²) in [6.07, 6.45) is -0.193. The van der Waals surface area contributed by atoms with Crippen LogP contribution in [0.5, 0.6) is 0 Å². The number of nitrogens with zero attached hydrogens (tertiary/aromatic N) is 2. The molecule has 2 atom stereocenters. The molecule has 0 saturated carbocycles. The van der Waals surface area contributed by atoms with Crippen LogP contribution in [0.3, 0.4) is 0 Å². The highest BCUT2D eigenvalue weighted by Gasteiger charge is 2.28. The van der Waals surface area contributed by atoms with E-state index in [-0.39, 0.29) is 31.3 Å². The molecule has 1 fully saturated rings. The molecule has 6 nitrogen and oxygen atoms in total. The summed E-state index contributed by atoms with van der Waals surface area (Å²) < 4.78 is 14.8. The molecule has 0 spiro atoms. The maximum Gasteiger partial charge on any atom is 0.303 e.